The first-order valence-corrected chi connectivity index (χ1v) is 7.93. The number of nitrogens with two attached hydrogens (primary N) is 1. The number of hydrogen-bond donors (Lipinski definition) is 2. The Morgan fingerprint density at radius 2 is 2.10 bits per heavy atom. The standard InChI is InChI=1S/C16H25ClN2O/c1-2-15(18)16(13-8-3-4-9-14(13)17)19(10-11-20)12-6-5-7-12/h3-4,8-9,12,15-16,20H,2,5-7,10-11,18H2,1H3. The monoisotopic (exact) mass is 296 g/mol. The molecule has 0 bridgehead atoms. The molecule has 3 nitrogen and oxygen atoms in total. The highest BCUT2D eigenvalue weighted by atomic mass is 35.5. The van der Waals surface area contributed by atoms with Gasteiger partial charge in [0.1, 0.15) is 0 Å². The molecule has 0 aromatic heterocycles. The normalized spacial score (nSPS) is 18.9. The van der Waals surface area contributed by atoms with Gasteiger partial charge in [0, 0.05) is 23.7 Å². The van der Waals surface area contributed by atoms with Crippen LogP contribution < -0.4 is 5.73 Å². The van der Waals surface area contributed by atoms with Crippen molar-refractivity contribution in [2.24, 2.45) is 5.73 Å². The molecule has 0 amide bonds. The minimum Gasteiger partial charge on any atom is -0.395 e. The van der Waals surface area contributed by atoms with E-state index in [9.17, 15) is 5.11 Å². The van der Waals surface area contributed by atoms with Crippen molar-refractivity contribution in [2.75, 3.05) is 13.2 Å². The van der Waals surface area contributed by atoms with Gasteiger partial charge in [-0.1, -0.05) is 43.1 Å². The number of hydrogen-bond acceptors (Lipinski definition) is 3. The first-order chi connectivity index (χ1) is 9.69. The summed E-state index contributed by atoms with van der Waals surface area (Å²) >= 11 is 6.39. The second kappa shape index (κ2) is 7.41. The molecule has 112 valence electrons. The van der Waals surface area contributed by atoms with Gasteiger partial charge in [-0.15, -0.1) is 0 Å². The Hall–Kier alpha value is -0.610. The summed E-state index contributed by atoms with van der Waals surface area (Å²) in [5, 5.41) is 10.2. The quantitative estimate of drug-likeness (QED) is 0.813. The third kappa shape index (κ3) is 3.34. The number of benzene rings is 1. The Kier molecular flexibility index (Phi) is 5.85. The lowest BCUT2D eigenvalue weighted by Gasteiger charge is -2.44. The lowest BCUT2D eigenvalue weighted by molar-refractivity contribution is 0.0473. The topological polar surface area (TPSA) is 49.5 Å². The fourth-order valence-electron chi connectivity index (χ4n) is 2.98. The molecule has 0 saturated heterocycles. The van der Waals surface area contributed by atoms with Crippen LogP contribution in [0.2, 0.25) is 5.02 Å². The predicted octanol–water partition coefficient (Wildman–Crippen LogP) is 2.97. The average molecular weight is 297 g/mol. The molecule has 1 aliphatic carbocycles. The van der Waals surface area contributed by atoms with Gasteiger partial charge in [0.2, 0.25) is 0 Å². The summed E-state index contributed by atoms with van der Waals surface area (Å²) < 4.78 is 0. The Balaban J connectivity index is 2.32. The van der Waals surface area contributed by atoms with Crippen molar-refractivity contribution in [3.05, 3.63) is 34.9 Å². The van der Waals surface area contributed by atoms with Crippen LogP contribution in [-0.2, 0) is 0 Å². The van der Waals surface area contributed by atoms with Crippen LogP contribution in [0.1, 0.15) is 44.2 Å². The maximum Gasteiger partial charge on any atom is 0.0558 e. The molecule has 1 saturated carbocycles. The highest BCUT2D eigenvalue weighted by Gasteiger charge is 2.34. The molecule has 1 aliphatic rings. The SMILES string of the molecule is CCC(N)C(c1ccccc1Cl)N(CCO)C1CCC1. The van der Waals surface area contributed by atoms with Crippen LogP contribution in [-0.4, -0.2) is 35.2 Å². The van der Waals surface area contributed by atoms with E-state index in [1.807, 2.05) is 18.2 Å². The molecule has 20 heavy (non-hydrogen) atoms. The summed E-state index contributed by atoms with van der Waals surface area (Å²) in [6.45, 7) is 2.93. The van der Waals surface area contributed by atoms with E-state index in [1.165, 1.54) is 19.3 Å². The van der Waals surface area contributed by atoms with Crippen LogP contribution in [0, 0.1) is 0 Å². The Labute approximate surface area is 126 Å². The van der Waals surface area contributed by atoms with E-state index in [-0.39, 0.29) is 18.7 Å². The second-order valence-electron chi connectivity index (χ2n) is 5.58. The van der Waals surface area contributed by atoms with Crippen LogP contribution in [0.3, 0.4) is 0 Å². The van der Waals surface area contributed by atoms with Crippen molar-refractivity contribution in [3.8, 4) is 0 Å². The van der Waals surface area contributed by atoms with Crippen LogP contribution in [0.4, 0.5) is 0 Å². The van der Waals surface area contributed by atoms with Crippen LogP contribution in [0.15, 0.2) is 24.3 Å². The molecule has 2 unspecified atom stereocenters. The van der Waals surface area contributed by atoms with Gasteiger partial charge in [-0.3, -0.25) is 4.90 Å². The van der Waals surface area contributed by atoms with E-state index in [2.05, 4.69) is 17.9 Å². The summed E-state index contributed by atoms with van der Waals surface area (Å²) in [5.74, 6) is 0. The number of nitrogens with zero attached hydrogens (tertiary/aromatic N) is 1. The third-order valence-electron chi connectivity index (χ3n) is 4.36. The molecule has 3 N–H and O–H groups in total. The maximum absolute atomic E-state index is 9.41. The minimum atomic E-state index is 0.0297. The van der Waals surface area contributed by atoms with Crippen molar-refractivity contribution < 1.29 is 5.11 Å². The Morgan fingerprint density at radius 1 is 1.40 bits per heavy atom. The van der Waals surface area contributed by atoms with Crippen molar-refractivity contribution in [2.45, 2.75) is 50.7 Å². The Morgan fingerprint density at radius 3 is 2.60 bits per heavy atom. The molecular formula is C16H25ClN2O. The number of aliphatic hydroxyl groups is 1. The first-order valence-electron chi connectivity index (χ1n) is 7.55. The van der Waals surface area contributed by atoms with Gasteiger partial charge in [0.15, 0.2) is 0 Å². The van der Waals surface area contributed by atoms with Gasteiger partial charge in [0.05, 0.1) is 12.6 Å². The molecule has 0 spiro atoms. The van der Waals surface area contributed by atoms with Gasteiger partial charge in [-0.05, 0) is 30.9 Å². The zero-order chi connectivity index (χ0) is 14.5. The molecule has 0 aliphatic heterocycles. The molecule has 0 radical (unpaired) electrons. The molecule has 4 heteroatoms. The predicted molar refractivity (Wildman–Crippen MR) is 83.9 cm³/mol. The lowest BCUT2D eigenvalue weighted by atomic mass is 9.87. The van der Waals surface area contributed by atoms with E-state index in [0.717, 1.165) is 17.0 Å². The maximum atomic E-state index is 9.41. The molecule has 1 aromatic carbocycles. The van der Waals surface area contributed by atoms with E-state index in [1.54, 1.807) is 0 Å². The zero-order valence-corrected chi connectivity index (χ0v) is 12.9. The van der Waals surface area contributed by atoms with Crippen molar-refractivity contribution >= 4 is 11.6 Å². The number of aliphatic hydroxyl groups excluding tert-OH is 1. The molecule has 1 fully saturated rings. The highest BCUT2D eigenvalue weighted by Crippen LogP contribution is 2.36. The van der Waals surface area contributed by atoms with E-state index in [0.29, 0.717) is 12.6 Å². The van der Waals surface area contributed by atoms with Crippen molar-refractivity contribution in [3.63, 3.8) is 0 Å². The van der Waals surface area contributed by atoms with Gasteiger partial charge in [0.25, 0.3) is 0 Å². The van der Waals surface area contributed by atoms with Crippen molar-refractivity contribution in [1.29, 1.82) is 0 Å². The van der Waals surface area contributed by atoms with Gasteiger partial charge in [-0.25, -0.2) is 0 Å². The molecule has 1 aromatic rings. The van der Waals surface area contributed by atoms with E-state index in [4.69, 9.17) is 17.3 Å². The highest BCUT2D eigenvalue weighted by molar-refractivity contribution is 6.31. The summed E-state index contributed by atoms with van der Waals surface area (Å²) in [7, 11) is 0. The fourth-order valence-corrected chi connectivity index (χ4v) is 3.22. The summed E-state index contributed by atoms with van der Waals surface area (Å²) in [5.41, 5.74) is 7.47. The summed E-state index contributed by atoms with van der Waals surface area (Å²) in [6, 6.07) is 8.58. The largest absolute Gasteiger partial charge is 0.395 e. The van der Waals surface area contributed by atoms with Crippen LogP contribution in [0.25, 0.3) is 0 Å². The van der Waals surface area contributed by atoms with Gasteiger partial charge < -0.3 is 10.8 Å². The fraction of sp³-hybridized carbons (Fsp3) is 0.625. The zero-order valence-electron chi connectivity index (χ0n) is 12.1. The lowest BCUT2D eigenvalue weighted by Crippen LogP contribution is -2.49. The number of halogens is 1. The van der Waals surface area contributed by atoms with Crippen molar-refractivity contribution in [1.82, 2.24) is 4.90 Å². The molecule has 2 atom stereocenters. The molecule has 2 rings (SSSR count). The third-order valence-corrected chi connectivity index (χ3v) is 4.70. The van der Waals surface area contributed by atoms with E-state index >= 15 is 0 Å². The van der Waals surface area contributed by atoms with Crippen LogP contribution in [0.5, 0.6) is 0 Å². The van der Waals surface area contributed by atoms with Gasteiger partial charge >= 0.3 is 0 Å². The summed E-state index contributed by atoms with van der Waals surface area (Å²) in [4.78, 5) is 2.36. The summed E-state index contributed by atoms with van der Waals surface area (Å²) in [6.07, 6.45) is 4.54. The molecular weight excluding hydrogens is 272 g/mol. The molecule has 0 heterocycles. The van der Waals surface area contributed by atoms with Crippen LogP contribution >= 0.6 is 11.6 Å². The first kappa shape index (κ1) is 15.8. The smallest absolute Gasteiger partial charge is 0.0558 e. The van der Waals surface area contributed by atoms with E-state index < -0.39 is 0 Å². The Bertz CT molecular complexity index is 423. The second-order valence-corrected chi connectivity index (χ2v) is 5.99. The number of rotatable bonds is 7. The minimum absolute atomic E-state index is 0.0297. The van der Waals surface area contributed by atoms with Gasteiger partial charge in [-0.2, -0.15) is 0 Å². The average Bonchev–Trinajstić information content (AvgIpc) is 2.39.